The van der Waals surface area contributed by atoms with Crippen LogP contribution in [0.2, 0.25) is 0 Å². The van der Waals surface area contributed by atoms with E-state index >= 15 is 4.39 Å². The van der Waals surface area contributed by atoms with Crippen LogP contribution in [0.25, 0.3) is 0 Å². The van der Waals surface area contributed by atoms with Gasteiger partial charge in [0.05, 0.1) is 24.4 Å². The van der Waals surface area contributed by atoms with Gasteiger partial charge in [-0.1, -0.05) is 25.1 Å². The van der Waals surface area contributed by atoms with E-state index in [0.29, 0.717) is 10.8 Å². The molecule has 0 spiro atoms. The molecule has 11 nitrogen and oxygen atoms in total. The van der Waals surface area contributed by atoms with Crippen LogP contribution in [0.15, 0.2) is 41.3 Å². The number of aliphatic hydroxyl groups excluding tert-OH is 1. The third-order valence-corrected chi connectivity index (χ3v) is 8.39. The Labute approximate surface area is 228 Å². The Morgan fingerprint density at radius 2 is 1.93 bits per heavy atom. The first-order valence-electron chi connectivity index (χ1n) is 12.4. The Kier molecular flexibility index (Phi) is 9.40. The molecule has 0 bridgehead atoms. The molecule has 222 valence electrons. The largest absolute Gasteiger partial charge is 0.463 e. The molecule has 1 aromatic carbocycles. The van der Waals surface area contributed by atoms with Crippen molar-refractivity contribution in [1.82, 2.24) is 9.55 Å². The average Bonchev–Trinajstić information content (AvgIpc) is 3.12. The Morgan fingerprint density at radius 3 is 2.50 bits per heavy atom. The van der Waals surface area contributed by atoms with Crippen molar-refractivity contribution in [3.63, 3.8) is 0 Å². The minimum Gasteiger partial charge on any atom is -0.463 e. The third-order valence-electron chi connectivity index (χ3n) is 6.16. The molecule has 6 atom stereocenters. The van der Waals surface area contributed by atoms with Gasteiger partial charge in [-0.3, -0.25) is 13.9 Å². The van der Waals surface area contributed by atoms with Crippen LogP contribution in [0.3, 0.4) is 0 Å². The topological polar surface area (TPSA) is 152 Å². The summed E-state index contributed by atoms with van der Waals surface area (Å²) in [6.07, 6.45) is -6.71. The van der Waals surface area contributed by atoms with E-state index in [0.717, 1.165) is 0 Å². The maximum Gasteiger partial charge on any atom is 0.380 e. The second kappa shape index (κ2) is 11.9. The third kappa shape index (κ3) is 6.68. The number of benzene rings is 1. The molecule has 0 amide bonds. The molecule has 0 saturated carbocycles. The van der Waals surface area contributed by atoms with E-state index in [4.69, 9.17) is 24.3 Å². The Bertz CT molecular complexity index is 1310. The number of nitrogens with zero attached hydrogens (tertiary/aromatic N) is 2. The van der Waals surface area contributed by atoms with Crippen LogP contribution in [0.4, 0.5) is 19.0 Å². The lowest BCUT2D eigenvalue weighted by molar-refractivity contribution is -0.151. The smallest absolute Gasteiger partial charge is 0.380 e. The summed E-state index contributed by atoms with van der Waals surface area (Å²) in [6.45, 7) is 5.42. The number of carbonyl (C=O) groups is 1. The maximum atomic E-state index is 15.9. The molecule has 15 heteroatoms. The molecule has 2 aromatic rings. The number of alkyl halides is 2. The number of anilines is 1. The zero-order valence-electron chi connectivity index (χ0n) is 22.6. The number of hydrogen-bond acceptors (Lipinski definition) is 10. The molecule has 40 heavy (non-hydrogen) atoms. The summed E-state index contributed by atoms with van der Waals surface area (Å²) in [4.78, 5) is 28.1. The number of hydrogen-bond donors (Lipinski definition) is 2. The van der Waals surface area contributed by atoms with Crippen LogP contribution in [0, 0.1) is 11.7 Å². The van der Waals surface area contributed by atoms with Gasteiger partial charge in [-0.15, -0.1) is 0 Å². The Balaban J connectivity index is 1.97. The SMILES string of the molecule is CC(C)OC(=O)[C@H](C)CP(=O)(Oc1ccccc1)OC(C)(C)[C@H]1O[C@@H](n2cc(F)c(N)nc2=O)C(F)(CF)[C@H]1O. The molecule has 1 fully saturated rings. The van der Waals surface area contributed by atoms with Crippen molar-refractivity contribution < 1.29 is 46.2 Å². The number of carbonyl (C=O) groups excluding carboxylic acids is 1. The number of rotatable bonds is 11. The molecule has 0 radical (unpaired) electrons. The van der Waals surface area contributed by atoms with Crippen molar-refractivity contribution in [3.8, 4) is 5.75 Å². The lowest BCUT2D eigenvalue weighted by Gasteiger charge is -2.36. The molecule has 1 aliphatic rings. The highest BCUT2D eigenvalue weighted by molar-refractivity contribution is 7.54. The van der Waals surface area contributed by atoms with Crippen LogP contribution in [0.5, 0.6) is 5.75 Å². The highest BCUT2D eigenvalue weighted by atomic mass is 31.2. The normalized spacial score (nSPS) is 25.4. The van der Waals surface area contributed by atoms with Crippen molar-refractivity contribution in [1.29, 1.82) is 0 Å². The molecule has 0 aliphatic carbocycles. The molecule has 3 N–H and O–H groups in total. The lowest BCUT2D eigenvalue weighted by Crippen LogP contribution is -2.51. The van der Waals surface area contributed by atoms with Crippen molar-refractivity contribution >= 4 is 19.4 Å². The summed E-state index contributed by atoms with van der Waals surface area (Å²) in [5.41, 5.74) is -1.14. The first-order chi connectivity index (χ1) is 18.5. The first-order valence-corrected chi connectivity index (χ1v) is 14.1. The van der Waals surface area contributed by atoms with Gasteiger partial charge in [-0.05, 0) is 39.8 Å². The van der Waals surface area contributed by atoms with Gasteiger partial charge >= 0.3 is 19.3 Å². The Hall–Kier alpha value is -2.93. The predicted octanol–water partition coefficient (Wildman–Crippen LogP) is 3.56. The summed E-state index contributed by atoms with van der Waals surface area (Å²) in [7, 11) is -4.33. The van der Waals surface area contributed by atoms with Gasteiger partial charge in [-0.2, -0.15) is 4.98 Å². The molecule has 1 aromatic heterocycles. The van der Waals surface area contributed by atoms with Gasteiger partial charge in [0.15, 0.2) is 17.9 Å². The molecular weight excluding hydrogens is 558 g/mol. The van der Waals surface area contributed by atoms with Crippen molar-refractivity contribution in [3.05, 3.63) is 52.8 Å². The van der Waals surface area contributed by atoms with E-state index < -0.39 is 85.5 Å². The molecule has 2 unspecified atom stereocenters. The van der Waals surface area contributed by atoms with Gasteiger partial charge in [-0.25, -0.2) is 22.5 Å². The highest BCUT2D eigenvalue weighted by Crippen LogP contribution is 2.56. The number of aliphatic hydroxyl groups is 1. The number of nitrogens with two attached hydrogens (primary N) is 1. The van der Waals surface area contributed by atoms with Crippen LogP contribution in [0.1, 0.15) is 40.8 Å². The van der Waals surface area contributed by atoms with Gasteiger partial charge in [0.25, 0.3) is 0 Å². The van der Waals surface area contributed by atoms with E-state index in [-0.39, 0.29) is 5.75 Å². The number of aromatic nitrogens is 2. The zero-order valence-corrected chi connectivity index (χ0v) is 23.5. The van der Waals surface area contributed by atoms with E-state index in [2.05, 4.69) is 4.98 Å². The van der Waals surface area contributed by atoms with Crippen LogP contribution < -0.4 is 15.9 Å². The summed E-state index contributed by atoms with van der Waals surface area (Å²) in [5.74, 6) is -3.52. The van der Waals surface area contributed by atoms with Crippen LogP contribution in [-0.4, -0.2) is 63.0 Å². The van der Waals surface area contributed by atoms with Crippen molar-refractivity contribution in [2.24, 2.45) is 5.92 Å². The fourth-order valence-electron chi connectivity index (χ4n) is 4.24. The van der Waals surface area contributed by atoms with Crippen molar-refractivity contribution in [2.45, 2.75) is 70.4 Å². The summed E-state index contributed by atoms with van der Waals surface area (Å²) in [5, 5.41) is 10.9. The summed E-state index contributed by atoms with van der Waals surface area (Å²) >= 11 is 0. The number of ether oxygens (including phenoxy) is 2. The standard InChI is InChI=1S/C25H33F3N3O8P/c1-14(2)36-21(33)15(3)12-40(35,38-16-9-7-6-8-10-16)39-24(4,5)19-18(32)25(28,13-26)22(37-19)31-11-17(27)20(29)30-23(31)34/h6-11,14-15,18-19,22,32H,12-13H2,1-5H3,(H2,29,30,34)/t15-,18+,19+,22-,25?,40?/m1/s1. The first kappa shape index (κ1) is 31.6. The Morgan fingerprint density at radius 1 is 1.30 bits per heavy atom. The zero-order chi connectivity index (χ0) is 30.0. The molecule has 1 saturated heterocycles. The fraction of sp³-hybridized carbons (Fsp3) is 0.560. The van der Waals surface area contributed by atoms with E-state index in [1.807, 2.05) is 0 Å². The molecule has 1 aliphatic heterocycles. The quantitative estimate of drug-likeness (QED) is 0.293. The fourth-order valence-corrected chi connectivity index (χ4v) is 6.51. The number of halogens is 3. The van der Waals surface area contributed by atoms with Crippen LogP contribution >= 0.6 is 7.60 Å². The van der Waals surface area contributed by atoms with Crippen molar-refractivity contribution in [2.75, 3.05) is 18.6 Å². The average molecular weight is 592 g/mol. The second-order valence-electron chi connectivity index (χ2n) is 10.4. The maximum absolute atomic E-state index is 15.9. The summed E-state index contributed by atoms with van der Waals surface area (Å²) in [6, 6.07) is 7.87. The second-order valence-corrected chi connectivity index (χ2v) is 12.3. The number of nitrogen functional groups attached to an aromatic ring is 1. The van der Waals surface area contributed by atoms with Gasteiger partial charge in [0, 0.05) is 0 Å². The van der Waals surface area contributed by atoms with E-state index in [9.17, 15) is 28.0 Å². The van der Waals surface area contributed by atoms with Gasteiger partial charge < -0.3 is 24.8 Å². The molecule has 3 rings (SSSR count). The van der Waals surface area contributed by atoms with E-state index in [1.165, 1.54) is 32.9 Å². The highest BCUT2D eigenvalue weighted by Gasteiger charge is 2.63. The van der Waals surface area contributed by atoms with Gasteiger partial charge in [0.2, 0.25) is 5.67 Å². The number of esters is 1. The molecular formula is C25H33F3N3O8P. The minimum atomic E-state index is -4.33. The molecule has 2 heterocycles. The van der Waals surface area contributed by atoms with Crippen LogP contribution in [-0.2, 0) is 23.4 Å². The van der Waals surface area contributed by atoms with E-state index in [1.54, 1.807) is 32.0 Å². The monoisotopic (exact) mass is 591 g/mol. The lowest BCUT2D eigenvalue weighted by atomic mass is 9.89. The summed E-state index contributed by atoms with van der Waals surface area (Å²) < 4.78 is 80.8. The minimum absolute atomic E-state index is 0.121. The van der Waals surface area contributed by atoms with Gasteiger partial charge in [0.1, 0.15) is 30.2 Å². The predicted molar refractivity (Wildman–Crippen MR) is 138 cm³/mol. The number of para-hydroxylation sites is 1.